The highest BCUT2D eigenvalue weighted by molar-refractivity contribution is 7.99. The molecule has 4 atom stereocenters. The minimum atomic E-state index is -1.34. The van der Waals surface area contributed by atoms with Crippen molar-refractivity contribution in [1.29, 1.82) is 0 Å². The van der Waals surface area contributed by atoms with E-state index in [0.29, 0.717) is 30.9 Å². The van der Waals surface area contributed by atoms with Crippen LogP contribution in [0.4, 0.5) is 14.4 Å². The molecule has 330 valence electrons. The molecule has 12 nitrogen and oxygen atoms in total. The summed E-state index contributed by atoms with van der Waals surface area (Å²) in [5.74, 6) is 6.20. The van der Waals surface area contributed by atoms with Crippen LogP contribution in [-0.2, 0) is 38.8 Å². The topological polar surface area (TPSA) is 153 Å². The molecule has 3 saturated heterocycles. The van der Waals surface area contributed by atoms with E-state index in [1.54, 1.807) is 36.4 Å². The van der Waals surface area contributed by atoms with Gasteiger partial charge in [0, 0.05) is 12.7 Å². The Balaban J connectivity index is 0.000000302. The number of hydrogen-bond donors (Lipinski definition) is 3. The number of Topliss-reactive ketones (excluding diaryl/α,β-unsaturated/α-hetero) is 1. The van der Waals surface area contributed by atoms with Crippen LogP contribution in [0.5, 0.6) is 0 Å². The molecule has 3 heterocycles. The molecular weight excluding hydrogens is 837 g/mol. The maximum atomic E-state index is 12.6. The summed E-state index contributed by atoms with van der Waals surface area (Å²) >= 11 is 12.1. The zero-order valence-electron chi connectivity index (χ0n) is 34.1. The van der Waals surface area contributed by atoms with Gasteiger partial charge >= 0.3 is 18.5 Å². The van der Waals surface area contributed by atoms with Crippen molar-refractivity contribution < 1.29 is 57.4 Å². The Morgan fingerprint density at radius 1 is 0.712 bits per heavy atom. The first kappa shape index (κ1) is 52.1. The molecule has 0 amide bonds. The van der Waals surface area contributed by atoms with Crippen LogP contribution in [0.15, 0.2) is 73.3 Å². The predicted octanol–water partition coefficient (Wildman–Crippen LogP) is 9.38. The first-order valence-electron chi connectivity index (χ1n) is 20.0. The summed E-state index contributed by atoms with van der Waals surface area (Å²) < 4.78 is 33.8. The highest BCUT2D eigenvalue weighted by Crippen LogP contribution is 2.29. The summed E-state index contributed by atoms with van der Waals surface area (Å²) in [5, 5.41) is 9.72. The summed E-state index contributed by atoms with van der Waals surface area (Å²) in [6.07, 6.45) is 11.5. The predicted molar refractivity (Wildman–Crippen MR) is 240 cm³/mol. The Hall–Kier alpha value is -3.02. The fraction of sp³-hybridized carbons (Fsp3) is 0.581. The SMILES string of the molecule is C=CC1COC(=O)O1.COC(CO)(C(=O)c1ccccc1)c1ccccc1.O=C1OCC(CCSCCCCCCSCCC2COC(=O)O2)O1.SCCCCCCS. The van der Waals surface area contributed by atoms with Gasteiger partial charge in [0.2, 0.25) is 5.78 Å². The number of aliphatic hydroxyl groups is 1. The Morgan fingerprint density at radius 2 is 1.17 bits per heavy atom. The van der Waals surface area contributed by atoms with Gasteiger partial charge in [-0.2, -0.15) is 48.8 Å². The number of cyclic esters (lactones) is 6. The van der Waals surface area contributed by atoms with Gasteiger partial charge in [0.05, 0.1) is 6.61 Å². The van der Waals surface area contributed by atoms with Gasteiger partial charge in [-0.05, 0) is 84.7 Å². The summed E-state index contributed by atoms with van der Waals surface area (Å²) in [5.41, 5.74) is -0.182. The molecule has 0 saturated carbocycles. The van der Waals surface area contributed by atoms with E-state index in [4.69, 9.17) is 23.7 Å². The molecule has 0 bridgehead atoms. The molecule has 1 N–H and O–H groups in total. The minimum Gasteiger partial charge on any atom is -0.430 e. The van der Waals surface area contributed by atoms with Crippen LogP contribution in [0.1, 0.15) is 80.1 Å². The molecule has 2 aromatic rings. The van der Waals surface area contributed by atoms with Crippen LogP contribution in [-0.4, -0.2) is 116 Å². The molecule has 0 spiro atoms. The first-order valence-corrected chi connectivity index (χ1v) is 23.6. The van der Waals surface area contributed by atoms with Crippen molar-refractivity contribution in [2.45, 2.75) is 88.1 Å². The lowest BCUT2D eigenvalue weighted by molar-refractivity contribution is -0.0341. The smallest absolute Gasteiger partial charge is 0.430 e. The molecule has 0 aromatic heterocycles. The third kappa shape index (κ3) is 21.9. The van der Waals surface area contributed by atoms with Gasteiger partial charge in [-0.3, -0.25) is 4.79 Å². The number of ketones is 1. The molecule has 16 heteroatoms. The van der Waals surface area contributed by atoms with Gasteiger partial charge in [0.15, 0.2) is 11.7 Å². The van der Waals surface area contributed by atoms with Crippen LogP contribution >= 0.6 is 48.8 Å². The van der Waals surface area contributed by atoms with E-state index in [0.717, 1.165) is 35.9 Å². The number of thioether (sulfide) groups is 2. The van der Waals surface area contributed by atoms with E-state index in [9.17, 15) is 24.3 Å². The lowest BCUT2D eigenvalue weighted by atomic mass is 9.86. The quantitative estimate of drug-likeness (QED) is 0.0229. The number of carbonyl (C=O) groups excluding carboxylic acids is 4. The van der Waals surface area contributed by atoms with Crippen molar-refractivity contribution in [2.24, 2.45) is 0 Å². The average molecular weight is 899 g/mol. The number of thiol groups is 2. The fourth-order valence-electron chi connectivity index (χ4n) is 5.54. The van der Waals surface area contributed by atoms with Gasteiger partial charge < -0.3 is 38.3 Å². The number of ether oxygens (including phenoxy) is 7. The molecule has 3 fully saturated rings. The van der Waals surface area contributed by atoms with E-state index in [2.05, 4.69) is 41.3 Å². The maximum Gasteiger partial charge on any atom is 0.509 e. The minimum absolute atomic E-state index is 0.0404. The summed E-state index contributed by atoms with van der Waals surface area (Å²) in [7, 11) is 1.43. The Morgan fingerprint density at radius 3 is 1.54 bits per heavy atom. The third-order valence-electron chi connectivity index (χ3n) is 8.95. The monoisotopic (exact) mass is 898 g/mol. The van der Waals surface area contributed by atoms with E-state index in [-0.39, 0.29) is 24.1 Å². The Labute approximate surface area is 369 Å². The number of unbranched alkanes of at least 4 members (excludes halogenated alkanes) is 6. The third-order valence-corrected chi connectivity index (χ3v) is 11.8. The maximum absolute atomic E-state index is 12.6. The lowest BCUT2D eigenvalue weighted by Gasteiger charge is -2.29. The number of methoxy groups -OCH3 is 1. The molecule has 2 aromatic carbocycles. The normalized spacial score (nSPS) is 18.6. The van der Waals surface area contributed by atoms with Gasteiger partial charge in [-0.15, -0.1) is 0 Å². The first-order chi connectivity index (χ1) is 28.7. The highest BCUT2D eigenvalue weighted by atomic mass is 32.2. The van der Waals surface area contributed by atoms with Crippen LogP contribution in [0.3, 0.4) is 0 Å². The van der Waals surface area contributed by atoms with Crippen molar-refractivity contribution in [3.8, 4) is 0 Å². The molecule has 0 radical (unpaired) electrons. The molecule has 4 unspecified atom stereocenters. The zero-order chi connectivity index (χ0) is 43.0. The molecule has 3 aliphatic rings. The second-order valence-electron chi connectivity index (χ2n) is 13.4. The van der Waals surface area contributed by atoms with E-state index >= 15 is 0 Å². The summed E-state index contributed by atoms with van der Waals surface area (Å²) in [4.78, 5) is 44.3. The highest BCUT2D eigenvalue weighted by Gasteiger charge is 2.40. The standard InChI is InChI=1S/C16H26O6S2.C16H16O3.C6H14S2.C5H6O3/c17-15-19-11-13(21-15)5-9-23-7-3-1-2-4-8-24-10-6-14-12-20-16(18)22-14;1-19-16(12-17,14-10-6-3-7-11-14)15(18)13-8-4-2-5-9-13;7-5-3-1-2-4-6-8;1-2-4-3-7-5(6)8-4/h13-14H,1-12H2;2-11,17H,12H2,1H3;7-8H,1-6H2;2,4H,1,3H2. The Bertz CT molecular complexity index is 1410. The molecule has 0 aliphatic carbocycles. The fourth-order valence-corrected chi connectivity index (χ4v) is 8.08. The average Bonchev–Trinajstić information content (AvgIpc) is 4.02. The van der Waals surface area contributed by atoms with Crippen molar-refractivity contribution in [3.63, 3.8) is 0 Å². The molecular formula is C43H62O12S4. The van der Waals surface area contributed by atoms with E-state index in [1.165, 1.54) is 76.1 Å². The number of hydrogen-bond acceptors (Lipinski definition) is 16. The van der Waals surface area contributed by atoms with Crippen molar-refractivity contribution in [3.05, 3.63) is 84.4 Å². The van der Waals surface area contributed by atoms with Gasteiger partial charge in [-0.25, -0.2) is 14.4 Å². The van der Waals surface area contributed by atoms with Crippen LogP contribution < -0.4 is 0 Å². The van der Waals surface area contributed by atoms with Crippen molar-refractivity contribution >= 4 is 73.0 Å². The Kier molecular flexibility index (Phi) is 28.9. The second-order valence-corrected chi connectivity index (χ2v) is 16.7. The number of rotatable bonds is 24. The second kappa shape index (κ2) is 32.7. The zero-order valence-corrected chi connectivity index (χ0v) is 37.5. The van der Waals surface area contributed by atoms with E-state index < -0.39 is 30.7 Å². The number of carbonyl (C=O) groups is 4. The largest absolute Gasteiger partial charge is 0.509 e. The van der Waals surface area contributed by atoms with Crippen LogP contribution in [0, 0.1) is 0 Å². The van der Waals surface area contributed by atoms with Crippen molar-refractivity contribution in [2.75, 3.05) is 68.1 Å². The number of aliphatic hydroxyl groups excluding tert-OH is 1. The van der Waals surface area contributed by atoms with E-state index in [1.807, 2.05) is 47.8 Å². The summed E-state index contributed by atoms with van der Waals surface area (Å²) in [6.45, 7) is 4.15. The summed E-state index contributed by atoms with van der Waals surface area (Å²) in [6, 6.07) is 17.9. The van der Waals surface area contributed by atoms with Crippen LogP contribution in [0.2, 0.25) is 0 Å². The molecule has 5 rings (SSSR count). The van der Waals surface area contributed by atoms with Crippen molar-refractivity contribution in [1.82, 2.24) is 0 Å². The number of benzene rings is 2. The lowest BCUT2D eigenvalue weighted by Crippen LogP contribution is -2.41. The van der Waals surface area contributed by atoms with Gasteiger partial charge in [-0.1, -0.05) is 92.9 Å². The van der Waals surface area contributed by atoms with Crippen LogP contribution in [0.25, 0.3) is 0 Å². The van der Waals surface area contributed by atoms with Gasteiger partial charge in [0.25, 0.3) is 0 Å². The molecule has 3 aliphatic heterocycles. The molecule has 59 heavy (non-hydrogen) atoms. The van der Waals surface area contributed by atoms with Gasteiger partial charge in [0.1, 0.15) is 32.0 Å².